The van der Waals surface area contributed by atoms with Crippen LogP contribution >= 0.6 is 0 Å². The van der Waals surface area contributed by atoms with Gasteiger partial charge in [-0.15, -0.1) is 0 Å². The van der Waals surface area contributed by atoms with Crippen molar-refractivity contribution in [2.45, 2.75) is 51.3 Å². The molecule has 0 saturated carbocycles. The first kappa shape index (κ1) is 29.7. The molecule has 0 radical (unpaired) electrons. The lowest BCUT2D eigenvalue weighted by Crippen LogP contribution is -2.44. The molecular weight excluding hydrogens is 544 g/mol. The van der Waals surface area contributed by atoms with Gasteiger partial charge in [-0.1, -0.05) is 12.1 Å². The first-order valence-corrected chi connectivity index (χ1v) is 14.7. The average molecular weight is 581 g/mol. The molecule has 2 aromatic carbocycles. The molecule has 0 atom stereocenters. The highest BCUT2D eigenvalue weighted by Gasteiger charge is 2.26. The smallest absolute Gasteiger partial charge is 0.272 e. The zero-order valence-corrected chi connectivity index (χ0v) is 24.3. The summed E-state index contributed by atoms with van der Waals surface area (Å²) in [6.07, 6.45) is 4.58. The maximum atomic E-state index is 13.1. The summed E-state index contributed by atoms with van der Waals surface area (Å²) in [5.74, 6) is 0.269. The van der Waals surface area contributed by atoms with Gasteiger partial charge in [0.1, 0.15) is 17.5 Å². The van der Waals surface area contributed by atoms with Crippen LogP contribution in [-0.4, -0.2) is 70.8 Å². The molecule has 5 rings (SSSR count). The number of ether oxygens (including phenoxy) is 1. The molecule has 2 N–H and O–H groups in total. The SMILES string of the molecule is CC(=O)Nc1ccc(OC2CCN(C(=O)c3ccc(C(=O)NC4CCN(Cc5ccc(C#N)cc5)CC4)cn3)CC2)cc1. The summed E-state index contributed by atoms with van der Waals surface area (Å²) in [6.45, 7) is 5.16. The number of rotatable bonds is 8. The van der Waals surface area contributed by atoms with Gasteiger partial charge >= 0.3 is 0 Å². The summed E-state index contributed by atoms with van der Waals surface area (Å²) >= 11 is 0. The second-order valence-corrected chi connectivity index (χ2v) is 11.1. The van der Waals surface area contributed by atoms with Gasteiger partial charge in [0.05, 0.1) is 17.2 Å². The quantitative estimate of drug-likeness (QED) is 0.412. The number of benzene rings is 2. The van der Waals surface area contributed by atoms with Gasteiger partial charge in [-0.05, 0) is 66.9 Å². The van der Waals surface area contributed by atoms with Crippen LogP contribution < -0.4 is 15.4 Å². The zero-order valence-electron chi connectivity index (χ0n) is 24.3. The van der Waals surface area contributed by atoms with E-state index in [0.717, 1.165) is 38.2 Å². The number of amides is 3. The van der Waals surface area contributed by atoms with Crippen LogP contribution in [0.2, 0.25) is 0 Å². The first-order valence-electron chi connectivity index (χ1n) is 14.7. The van der Waals surface area contributed by atoms with Gasteiger partial charge in [-0.2, -0.15) is 5.26 Å². The van der Waals surface area contributed by atoms with E-state index in [-0.39, 0.29) is 29.9 Å². The van der Waals surface area contributed by atoms with E-state index in [0.29, 0.717) is 48.4 Å². The van der Waals surface area contributed by atoms with Crippen LogP contribution in [0.4, 0.5) is 5.69 Å². The van der Waals surface area contributed by atoms with E-state index in [1.807, 2.05) is 36.4 Å². The number of nitrogens with zero attached hydrogens (tertiary/aromatic N) is 4. The molecule has 2 aliphatic rings. The Bertz CT molecular complexity index is 1450. The molecule has 10 nitrogen and oxygen atoms in total. The minimum absolute atomic E-state index is 0.00229. The highest BCUT2D eigenvalue weighted by Crippen LogP contribution is 2.22. The molecule has 222 valence electrons. The van der Waals surface area contributed by atoms with Crippen LogP contribution in [0.3, 0.4) is 0 Å². The van der Waals surface area contributed by atoms with Gasteiger partial charge in [-0.3, -0.25) is 24.3 Å². The van der Waals surface area contributed by atoms with Crippen LogP contribution in [0.5, 0.6) is 5.75 Å². The summed E-state index contributed by atoms with van der Waals surface area (Å²) in [5, 5.41) is 14.8. The summed E-state index contributed by atoms with van der Waals surface area (Å²) < 4.78 is 6.07. The molecule has 2 fully saturated rings. The van der Waals surface area contributed by atoms with E-state index in [1.54, 1.807) is 29.2 Å². The number of hydrogen-bond acceptors (Lipinski definition) is 7. The van der Waals surface area contributed by atoms with Gasteiger partial charge in [0, 0.05) is 70.4 Å². The number of carbonyl (C=O) groups excluding carboxylic acids is 3. The van der Waals surface area contributed by atoms with E-state index in [4.69, 9.17) is 10.00 Å². The van der Waals surface area contributed by atoms with Crippen LogP contribution in [0.25, 0.3) is 0 Å². The standard InChI is InChI=1S/C33H36N6O4/c1-23(40)36-27-7-9-29(10-8-27)43-30-14-18-39(19-15-30)33(42)31-11-6-26(21-35-31)32(41)37-28-12-16-38(17-13-28)22-25-4-2-24(20-34)3-5-25/h2-11,21,28,30H,12-19,22H2,1H3,(H,36,40)(H,37,41). The van der Waals surface area contributed by atoms with Crippen molar-refractivity contribution >= 4 is 23.4 Å². The van der Waals surface area contributed by atoms with Crippen LogP contribution in [-0.2, 0) is 11.3 Å². The monoisotopic (exact) mass is 580 g/mol. The summed E-state index contributed by atoms with van der Waals surface area (Å²) in [7, 11) is 0. The molecule has 3 heterocycles. The Balaban J connectivity index is 1.04. The minimum atomic E-state index is -0.180. The predicted octanol–water partition coefficient (Wildman–Crippen LogP) is 3.99. The van der Waals surface area contributed by atoms with Gasteiger partial charge in [0.15, 0.2) is 0 Å². The lowest BCUT2D eigenvalue weighted by Gasteiger charge is -2.32. The molecule has 3 amide bonds. The van der Waals surface area contributed by atoms with E-state index >= 15 is 0 Å². The molecule has 3 aromatic rings. The molecule has 0 bridgehead atoms. The number of piperidine rings is 2. The Morgan fingerprint density at radius 2 is 1.63 bits per heavy atom. The van der Waals surface area contributed by atoms with Gasteiger partial charge in [0.25, 0.3) is 11.8 Å². The molecule has 0 unspecified atom stereocenters. The van der Waals surface area contributed by atoms with Crippen LogP contribution in [0.1, 0.15) is 64.6 Å². The van der Waals surface area contributed by atoms with E-state index in [1.165, 1.54) is 18.7 Å². The Labute approximate surface area is 251 Å². The molecular formula is C33H36N6O4. The number of anilines is 1. The number of pyridine rings is 1. The van der Waals surface area contributed by atoms with Crippen molar-refractivity contribution in [3.05, 3.63) is 89.2 Å². The van der Waals surface area contributed by atoms with Crippen molar-refractivity contribution in [1.82, 2.24) is 20.1 Å². The van der Waals surface area contributed by atoms with Crippen LogP contribution in [0, 0.1) is 11.3 Å². The van der Waals surface area contributed by atoms with Crippen molar-refractivity contribution in [2.24, 2.45) is 0 Å². The topological polar surface area (TPSA) is 128 Å². The van der Waals surface area contributed by atoms with Gasteiger partial charge in [-0.25, -0.2) is 0 Å². The molecule has 2 saturated heterocycles. The van der Waals surface area contributed by atoms with E-state index in [2.05, 4.69) is 26.6 Å². The van der Waals surface area contributed by atoms with E-state index in [9.17, 15) is 14.4 Å². The van der Waals surface area contributed by atoms with Gasteiger partial charge in [0.2, 0.25) is 5.91 Å². The fourth-order valence-corrected chi connectivity index (χ4v) is 5.45. The van der Waals surface area contributed by atoms with Gasteiger partial charge < -0.3 is 20.3 Å². The minimum Gasteiger partial charge on any atom is -0.490 e. The average Bonchev–Trinajstić information content (AvgIpc) is 3.03. The number of carbonyl (C=O) groups is 3. The third-order valence-corrected chi connectivity index (χ3v) is 7.86. The maximum Gasteiger partial charge on any atom is 0.272 e. The molecule has 10 heteroatoms. The Morgan fingerprint density at radius 1 is 0.930 bits per heavy atom. The molecule has 2 aliphatic heterocycles. The normalized spacial score (nSPS) is 16.2. The Hall–Kier alpha value is -4.75. The number of likely N-dealkylation sites (tertiary alicyclic amines) is 2. The fourth-order valence-electron chi connectivity index (χ4n) is 5.45. The van der Waals surface area contributed by atoms with Crippen LogP contribution in [0.15, 0.2) is 66.9 Å². The third kappa shape index (κ3) is 8.17. The Kier molecular flexibility index (Phi) is 9.64. The summed E-state index contributed by atoms with van der Waals surface area (Å²) in [6, 6.07) is 20.4. The van der Waals surface area contributed by atoms with Crippen molar-refractivity contribution in [1.29, 1.82) is 5.26 Å². The van der Waals surface area contributed by atoms with Crippen molar-refractivity contribution in [3.63, 3.8) is 0 Å². The third-order valence-electron chi connectivity index (χ3n) is 7.86. The number of aromatic nitrogens is 1. The lowest BCUT2D eigenvalue weighted by atomic mass is 10.0. The van der Waals surface area contributed by atoms with Crippen molar-refractivity contribution < 1.29 is 19.1 Å². The fraction of sp³-hybridized carbons (Fsp3) is 0.364. The van der Waals surface area contributed by atoms with E-state index < -0.39 is 0 Å². The number of hydrogen-bond donors (Lipinski definition) is 2. The maximum absolute atomic E-state index is 13.1. The first-order chi connectivity index (χ1) is 20.9. The lowest BCUT2D eigenvalue weighted by molar-refractivity contribution is -0.114. The summed E-state index contributed by atoms with van der Waals surface area (Å²) in [4.78, 5) is 45.5. The highest BCUT2D eigenvalue weighted by molar-refractivity contribution is 5.96. The second-order valence-electron chi connectivity index (χ2n) is 11.1. The molecule has 1 aromatic heterocycles. The molecule has 0 spiro atoms. The molecule has 0 aliphatic carbocycles. The highest BCUT2D eigenvalue weighted by atomic mass is 16.5. The van der Waals surface area contributed by atoms with Crippen molar-refractivity contribution in [3.8, 4) is 11.8 Å². The second kappa shape index (κ2) is 13.9. The zero-order chi connectivity index (χ0) is 30.2. The number of nitriles is 1. The number of nitrogens with one attached hydrogen (secondary N) is 2. The molecule has 43 heavy (non-hydrogen) atoms. The van der Waals surface area contributed by atoms with Crippen molar-refractivity contribution in [2.75, 3.05) is 31.5 Å². The Morgan fingerprint density at radius 3 is 2.23 bits per heavy atom. The predicted molar refractivity (Wildman–Crippen MR) is 161 cm³/mol. The summed E-state index contributed by atoms with van der Waals surface area (Å²) in [5.41, 5.74) is 3.31. The largest absolute Gasteiger partial charge is 0.490 e.